The molecule has 0 nitrogen and oxygen atoms in total. The summed E-state index contributed by atoms with van der Waals surface area (Å²) in [6, 6.07) is 8.39. The molecule has 1 aromatic rings. The molecule has 1 aromatic carbocycles. The summed E-state index contributed by atoms with van der Waals surface area (Å²) in [7, 11) is 0. The van der Waals surface area contributed by atoms with Crippen molar-refractivity contribution < 1.29 is 0 Å². The molecular formula is C9H7Rf-. The van der Waals surface area contributed by atoms with Crippen LogP contribution in [-0.4, -0.2) is 0 Å². The van der Waals surface area contributed by atoms with Crippen LogP contribution in [0.4, 0.5) is 0 Å². The molecule has 10 heavy (non-hydrogen) atoms. The van der Waals surface area contributed by atoms with Crippen LogP contribution in [0.25, 0.3) is 6.08 Å². The number of allylic oxidation sites excluding steroid dienone is 1. The maximum atomic E-state index is 3.16. The van der Waals surface area contributed by atoms with Crippen LogP contribution in [0.3, 0.4) is 0 Å². The van der Waals surface area contributed by atoms with Gasteiger partial charge in [0.2, 0.25) is 0 Å². The zero-order valence-corrected chi connectivity index (χ0v) is 12.2. The van der Waals surface area contributed by atoms with E-state index < -0.39 is 0 Å². The Balaban J connectivity index is 0.000000500. The largest absolute Gasteiger partial charge is 0.272 e. The third kappa shape index (κ3) is 0.655. The van der Waals surface area contributed by atoms with E-state index in [1.165, 1.54) is 11.1 Å². The van der Waals surface area contributed by atoms with E-state index in [-0.39, 0.29) is 0 Å². The maximum Gasteiger partial charge on any atom is 0 e. The molecule has 0 heterocycles. The van der Waals surface area contributed by atoms with Crippen molar-refractivity contribution in [2.45, 2.75) is 6.42 Å². The van der Waals surface area contributed by atoms with Gasteiger partial charge in [0.15, 0.2) is 0 Å². The van der Waals surface area contributed by atoms with Crippen LogP contribution in [-0.2, 0) is 6.42 Å². The summed E-state index contributed by atoms with van der Waals surface area (Å²) in [5.74, 6) is 0. The monoisotopic (exact) mass is 382 g/mol. The molecule has 0 amide bonds. The molecule has 1 aliphatic rings. The van der Waals surface area contributed by atoms with Crippen molar-refractivity contribution in [2.75, 3.05) is 0 Å². The average molecular weight is 382 g/mol. The summed E-state index contributed by atoms with van der Waals surface area (Å²) in [5.41, 5.74) is 2.73. The van der Waals surface area contributed by atoms with E-state index in [0.29, 0.717) is 0 Å². The fourth-order valence-electron chi connectivity index (χ4n) is 1.11. The van der Waals surface area contributed by atoms with Gasteiger partial charge in [-0.3, -0.25) is 6.08 Å². The minimum Gasteiger partial charge on any atom is -0.272 e. The summed E-state index contributed by atoms with van der Waals surface area (Å²) >= 11 is 0. The molecular weight excluding hydrogens is 375 g/mol. The van der Waals surface area contributed by atoms with Gasteiger partial charge < -0.3 is 0 Å². The number of fused-ring (bicyclic) bond motifs is 1. The van der Waals surface area contributed by atoms with E-state index >= 15 is 0 Å². The van der Waals surface area contributed by atoms with Crippen LogP contribution in [0.1, 0.15) is 11.1 Å². The second-order valence-corrected chi connectivity index (χ2v) is 2.22. The molecule has 0 fully saturated rings. The Morgan fingerprint density at radius 2 is 2.00 bits per heavy atom. The van der Waals surface area contributed by atoms with Gasteiger partial charge in [-0.2, -0.15) is 5.56 Å². The van der Waals surface area contributed by atoms with Crippen LogP contribution in [0.5, 0.6) is 0 Å². The molecule has 1 aliphatic carbocycles. The minimum atomic E-state index is 0. The van der Waals surface area contributed by atoms with Gasteiger partial charge in [0.05, 0.1) is 0 Å². The Labute approximate surface area is 54.8 Å². The molecule has 0 unspecified atom stereocenters. The molecule has 0 N–H and O–H groups in total. The number of hydrogen-bond acceptors (Lipinski definition) is 0. The summed E-state index contributed by atoms with van der Waals surface area (Å²) in [6.45, 7) is 0. The molecule has 0 bridgehead atoms. The SMILES string of the molecule is [C-]1=Cc2ccccc2C1.[Rf]. The third-order valence-corrected chi connectivity index (χ3v) is 1.61. The van der Waals surface area contributed by atoms with Crippen molar-refractivity contribution >= 4 is 6.08 Å². The number of hydrogen-bond donors (Lipinski definition) is 0. The van der Waals surface area contributed by atoms with Gasteiger partial charge in [-0.1, -0.05) is 18.2 Å². The fraction of sp³-hybridized carbons (Fsp3) is 0.111. The molecule has 2 rings (SSSR count). The maximum absolute atomic E-state index is 3.16. The van der Waals surface area contributed by atoms with Crippen LogP contribution in [0.15, 0.2) is 24.3 Å². The molecule has 0 saturated carbocycles. The normalized spacial score (nSPS) is 12.4. The Bertz CT molecular complexity index is 251. The van der Waals surface area contributed by atoms with Crippen LogP contribution < -0.4 is 0 Å². The number of rotatable bonds is 0. The van der Waals surface area contributed by atoms with E-state index in [4.69, 9.17) is 0 Å². The summed E-state index contributed by atoms with van der Waals surface area (Å²) in [6.07, 6.45) is 6.21. The van der Waals surface area contributed by atoms with Crippen LogP contribution in [0, 0.1) is 6.08 Å². The first-order valence-corrected chi connectivity index (χ1v) is 3.11. The summed E-state index contributed by atoms with van der Waals surface area (Å²) in [4.78, 5) is 0. The Hall–Kier alpha value is -2.04. The van der Waals surface area contributed by atoms with Crippen LogP contribution in [0.2, 0.25) is 0 Å². The van der Waals surface area contributed by atoms with Gasteiger partial charge in [0.25, 0.3) is 0 Å². The van der Waals surface area contributed by atoms with Crippen LogP contribution >= 0.6 is 0 Å². The van der Waals surface area contributed by atoms with Crippen molar-refractivity contribution in [3.05, 3.63) is 41.5 Å². The predicted octanol–water partition coefficient (Wildman–Crippen LogP) is 2.06. The zero-order chi connectivity index (χ0) is 6.10. The Morgan fingerprint density at radius 3 is 2.80 bits per heavy atom. The van der Waals surface area contributed by atoms with Crippen molar-refractivity contribution in [1.29, 1.82) is 0 Å². The molecule has 0 aromatic heterocycles. The van der Waals surface area contributed by atoms with Gasteiger partial charge in [0, 0.05) is 0 Å². The second-order valence-electron chi connectivity index (χ2n) is 2.22. The van der Waals surface area contributed by atoms with E-state index in [1.807, 2.05) is 0 Å². The molecule has 1 heteroatoms. The van der Waals surface area contributed by atoms with Gasteiger partial charge in [-0.25, -0.2) is 6.08 Å². The first-order chi connectivity index (χ1) is 4.47. The van der Waals surface area contributed by atoms with Crippen molar-refractivity contribution in [3.63, 3.8) is 0 Å². The quantitative estimate of drug-likeness (QED) is 0.603. The molecule has 46 valence electrons. The van der Waals surface area contributed by atoms with Gasteiger partial charge in [-0.15, -0.1) is 18.1 Å². The predicted molar refractivity (Wildman–Crippen MR) is 37.9 cm³/mol. The van der Waals surface area contributed by atoms with E-state index in [9.17, 15) is 0 Å². The average Bonchev–Trinajstić information content (AvgIpc) is 2.33. The molecule has 0 spiro atoms. The number of benzene rings is 1. The van der Waals surface area contributed by atoms with E-state index in [1.54, 1.807) is 0 Å². The second kappa shape index (κ2) is 2.06. The smallest absolute Gasteiger partial charge is 0 e. The molecule has 0 aliphatic heterocycles. The van der Waals surface area contributed by atoms with Crippen molar-refractivity contribution in [1.82, 2.24) is 0 Å². The van der Waals surface area contributed by atoms with E-state index in [0.717, 1.165) is 6.42 Å². The first-order valence-electron chi connectivity index (χ1n) is 3.11. The minimum absolute atomic E-state index is 0. The molecule has 0 radical (unpaired) electrons. The topological polar surface area (TPSA) is 0 Å². The zero-order valence-electron chi connectivity index (χ0n) is 5.80. The first kappa shape index (κ1) is 6.09. The van der Waals surface area contributed by atoms with Gasteiger partial charge in [-0.05, 0) is 0 Å². The van der Waals surface area contributed by atoms with Gasteiger partial charge in [0.1, 0.15) is 0 Å². The fourth-order valence-corrected chi connectivity index (χ4v) is 1.11. The van der Waals surface area contributed by atoms with Crippen molar-refractivity contribution in [2.24, 2.45) is 0 Å². The Morgan fingerprint density at radius 1 is 1.20 bits per heavy atom. The van der Waals surface area contributed by atoms with E-state index in [2.05, 4.69) is 36.4 Å². The summed E-state index contributed by atoms with van der Waals surface area (Å²) < 4.78 is 0. The summed E-state index contributed by atoms with van der Waals surface area (Å²) in [5, 5.41) is 0. The van der Waals surface area contributed by atoms with Gasteiger partial charge >= 0.3 is 0 Å². The third-order valence-electron chi connectivity index (χ3n) is 1.61. The molecule has 0 saturated heterocycles. The Kier molecular flexibility index (Phi) is 1.25. The standard InChI is InChI=1S/C9H7.Rf/c1-2-5-9-7-3-6-8(9)4-1;/h1-2,4-6H,7H2;/q-1;. The molecule has 0 atom stereocenters. The van der Waals surface area contributed by atoms with Crippen molar-refractivity contribution in [3.8, 4) is 0 Å².